The summed E-state index contributed by atoms with van der Waals surface area (Å²) in [6, 6.07) is 4.30. The van der Waals surface area contributed by atoms with Crippen molar-refractivity contribution in [3.8, 4) is 5.75 Å². The molecule has 1 aliphatic rings. The number of halogens is 2. The number of hydrogen-bond acceptors (Lipinski definition) is 2. The zero-order chi connectivity index (χ0) is 11.1. The molecule has 0 amide bonds. The summed E-state index contributed by atoms with van der Waals surface area (Å²) in [7, 11) is 0. The Hall–Kier alpha value is -1.16. The summed E-state index contributed by atoms with van der Waals surface area (Å²) in [5.74, 6) is -0.351. The fourth-order valence-electron chi connectivity index (χ4n) is 1.63. The molecule has 0 heterocycles. The highest BCUT2D eigenvalue weighted by atomic mass is 19.3. The molecular formula is C11H13F2NO. The smallest absolute Gasteiger partial charge is 0.267 e. The van der Waals surface area contributed by atoms with E-state index in [0.29, 0.717) is 6.42 Å². The highest BCUT2D eigenvalue weighted by molar-refractivity contribution is 5.38. The zero-order valence-electron chi connectivity index (χ0n) is 8.21. The predicted octanol–water partition coefficient (Wildman–Crippen LogP) is 2.36. The fraction of sp³-hybridized carbons (Fsp3) is 0.455. The molecule has 0 aromatic heterocycles. The largest absolute Gasteiger partial charge is 0.507 e. The Morgan fingerprint density at radius 2 is 2.07 bits per heavy atom. The molecule has 1 aromatic carbocycles. The standard InChI is InChI=1S/C11H13F2NO/c12-10(13)8-5-7(1-2-9(8)15)6-11(14)3-4-11/h1-2,5,10,15H,3-4,6,14H2. The van der Waals surface area contributed by atoms with Gasteiger partial charge in [0.15, 0.2) is 0 Å². The monoisotopic (exact) mass is 213 g/mol. The molecule has 1 aliphatic carbocycles. The van der Waals surface area contributed by atoms with Crippen LogP contribution in [0, 0.1) is 0 Å². The van der Waals surface area contributed by atoms with Gasteiger partial charge in [0.25, 0.3) is 6.43 Å². The van der Waals surface area contributed by atoms with E-state index in [0.717, 1.165) is 18.4 Å². The Kier molecular flexibility index (Phi) is 2.38. The summed E-state index contributed by atoms with van der Waals surface area (Å²) >= 11 is 0. The van der Waals surface area contributed by atoms with Gasteiger partial charge in [-0.3, -0.25) is 0 Å². The van der Waals surface area contributed by atoms with Crippen LogP contribution in [-0.4, -0.2) is 10.6 Å². The topological polar surface area (TPSA) is 46.2 Å². The van der Waals surface area contributed by atoms with Crippen molar-refractivity contribution in [1.82, 2.24) is 0 Å². The Bertz CT molecular complexity index is 375. The molecule has 1 fully saturated rings. The number of aromatic hydroxyl groups is 1. The van der Waals surface area contributed by atoms with E-state index in [1.807, 2.05) is 0 Å². The number of rotatable bonds is 3. The lowest BCUT2D eigenvalue weighted by molar-refractivity contribution is 0.147. The molecular weight excluding hydrogens is 200 g/mol. The number of nitrogens with two attached hydrogens (primary N) is 1. The van der Waals surface area contributed by atoms with E-state index in [1.165, 1.54) is 12.1 Å². The van der Waals surface area contributed by atoms with Crippen LogP contribution >= 0.6 is 0 Å². The van der Waals surface area contributed by atoms with Gasteiger partial charge in [0.2, 0.25) is 0 Å². The third-order valence-electron chi connectivity index (χ3n) is 2.78. The van der Waals surface area contributed by atoms with Crippen LogP contribution < -0.4 is 5.73 Å². The quantitative estimate of drug-likeness (QED) is 0.809. The molecule has 0 bridgehead atoms. The minimum absolute atomic E-state index is 0.198. The molecule has 0 unspecified atom stereocenters. The van der Waals surface area contributed by atoms with Crippen molar-refractivity contribution < 1.29 is 13.9 Å². The second kappa shape index (κ2) is 3.45. The molecule has 4 heteroatoms. The molecule has 0 radical (unpaired) electrons. The van der Waals surface area contributed by atoms with E-state index in [2.05, 4.69) is 0 Å². The van der Waals surface area contributed by atoms with Gasteiger partial charge in [0.05, 0.1) is 5.56 Å². The summed E-state index contributed by atoms with van der Waals surface area (Å²) in [6.45, 7) is 0. The Labute approximate surface area is 86.7 Å². The van der Waals surface area contributed by atoms with Crippen LogP contribution in [0.1, 0.15) is 30.4 Å². The number of alkyl halides is 2. The second-order valence-corrected chi connectivity index (χ2v) is 4.23. The molecule has 2 rings (SSSR count). The lowest BCUT2D eigenvalue weighted by atomic mass is 10.0. The molecule has 0 spiro atoms. The van der Waals surface area contributed by atoms with Crippen LogP contribution in [-0.2, 0) is 6.42 Å². The van der Waals surface area contributed by atoms with Gasteiger partial charge in [-0.25, -0.2) is 8.78 Å². The first kappa shape index (κ1) is 10.4. The number of benzene rings is 1. The molecule has 1 aromatic rings. The van der Waals surface area contributed by atoms with Gasteiger partial charge < -0.3 is 10.8 Å². The number of hydrogen-bond donors (Lipinski definition) is 2. The van der Waals surface area contributed by atoms with Crippen LogP contribution in [0.3, 0.4) is 0 Å². The van der Waals surface area contributed by atoms with Gasteiger partial charge in [-0.15, -0.1) is 0 Å². The summed E-state index contributed by atoms with van der Waals surface area (Å²) in [4.78, 5) is 0. The lowest BCUT2D eigenvalue weighted by Gasteiger charge is -2.10. The minimum atomic E-state index is -2.64. The SMILES string of the molecule is NC1(Cc2ccc(O)c(C(F)F)c2)CC1. The molecule has 15 heavy (non-hydrogen) atoms. The first-order chi connectivity index (χ1) is 7.00. The maximum absolute atomic E-state index is 12.5. The normalized spacial score (nSPS) is 18.1. The van der Waals surface area contributed by atoms with Gasteiger partial charge in [-0.1, -0.05) is 6.07 Å². The summed E-state index contributed by atoms with van der Waals surface area (Å²) in [5, 5.41) is 9.21. The van der Waals surface area contributed by atoms with Crippen LogP contribution in [0.15, 0.2) is 18.2 Å². The third-order valence-corrected chi connectivity index (χ3v) is 2.78. The van der Waals surface area contributed by atoms with Crippen molar-refractivity contribution in [2.45, 2.75) is 31.2 Å². The minimum Gasteiger partial charge on any atom is -0.507 e. The van der Waals surface area contributed by atoms with E-state index >= 15 is 0 Å². The summed E-state index contributed by atoms with van der Waals surface area (Å²) < 4.78 is 24.9. The third kappa shape index (κ3) is 2.26. The number of phenolic OH excluding ortho intramolecular Hbond substituents is 1. The average Bonchev–Trinajstić information content (AvgIpc) is 2.87. The van der Waals surface area contributed by atoms with E-state index in [1.54, 1.807) is 6.07 Å². The zero-order valence-corrected chi connectivity index (χ0v) is 8.21. The van der Waals surface area contributed by atoms with Crippen molar-refractivity contribution in [2.24, 2.45) is 5.73 Å². The molecule has 82 valence electrons. The van der Waals surface area contributed by atoms with Crippen molar-refractivity contribution >= 4 is 0 Å². The van der Waals surface area contributed by atoms with Gasteiger partial charge in [-0.05, 0) is 37.0 Å². The van der Waals surface area contributed by atoms with Crippen molar-refractivity contribution in [2.75, 3.05) is 0 Å². The van der Waals surface area contributed by atoms with E-state index in [9.17, 15) is 13.9 Å². The lowest BCUT2D eigenvalue weighted by Crippen LogP contribution is -2.24. The maximum Gasteiger partial charge on any atom is 0.267 e. The summed E-state index contributed by atoms with van der Waals surface area (Å²) in [5.41, 5.74) is 6.15. The molecule has 0 atom stereocenters. The van der Waals surface area contributed by atoms with Crippen molar-refractivity contribution in [3.63, 3.8) is 0 Å². The molecule has 3 N–H and O–H groups in total. The fourth-order valence-corrected chi connectivity index (χ4v) is 1.63. The first-order valence-corrected chi connectivity index (χ1v) is 4.89. The molecule has 1 saturated carbocycles. The Balaban J connectivity index is 2.22. The van der Waals surface area contributed by atoms with Crippen LogP contribution in [0.2, 0.25) is 0 Å². The van der Waals surface area contributed by atoms with E-state index in [-0.39, 0.29) is 16.9 Å². The van der Waals surface area contributed by atoms with E-state index < -0.39 is 6.43 Å². The number of phenols is 1. The highest BCUT2D eigenvalue weighted by Crippen LogP contribution is 2.37. The first-order valence-electron chi connectivity index (χ1n) is 4.89. The second-order valence-electron chi connectivity index (χ2n) is 4.23. The summed E-state index contributed by atoms with van der Waals surface area (Å²) in [6.07, 6.45) is -0.152. The van der Waals surface area contributed by atoms with E-state index in [4.69, 9.17) is 5.73 Å². The highest BCUT2D eigenvalue weighted by Gasteiger charge is 2.38. The average molecular weight is 213 g/mol. The maximum atomic E-state index is 12.5. The van der Waals surface area contributed by atoms with Gasteiger partial charge in [-0.2, -0.15) is 0 Å². The Morgan fingerprint density at radius 1 is 1.40 bits per heavy atom. The predicted molar refractivity (Wildman–Crippen MR) is 52.9 cm³/mol. The van der Waals surface area contributed by atoms with Gasteiger partial charge in [0, 0.05) is 5.54 Å². The Morgan fingerprint density at radius 3 is 2.60 bits per heavy atom. The van der Waals surface area contributed by atoms with Gasteiger partial charge >= 0.3 is 0 Å². The van der Waals surface area contributed by atoms with Gasteiger partial charge in [0.1, 0.15) is 5.75 Å². The van der Waals surface area contributed by atoms with Crippen molar-refractivity contribution in [3.05, 3.63) is 29.3 Å². The van der Waals surface area contributed by atoms with Crippen LogP contribution in [0.5, 0.6) is 5.75 Å². The van der Waals surface area contributed by atoms with Crippen LogP contribution in [0.25, 0.3) is 0 Å². The molecule has 0 aliphatic heterocycles. The molecule has 2 nitrogen and oxygen atoms in total. The van der Waals surface area contributed by atoms with Crippen LogP contribution in [0.4, 0.5) is 8.78 Å². The molecule has 0 saturated heterocycles. The van der Waals surface area contributed by atoms with Crippen molar-refractivity contribution in [1.29, 1.82) is 0 Å².